The van der Waals surface area contributed by atoms with Crippen molar-refractivity contribution < 1.29 is 23.3 Å². The minimum Gasteiger partial charge on any atom is -0.386 e. The molecule has 0 saturated carbocycles. The summed E-state index contributed by atoms with van der Waals surface area (Å²) in [4.78, 5) is 0. The molecule has 0 aliphatic carbocycles. The molecule has 4 aliphatic rings. The minimum absolute atomic E-state index is 0.491. The molecule has 1 N–H and O–H groups in total. The van der Waals surface area contributed by atoms with E-state index in [1.165, 1.54) is 5.06 Å². The molecule has 0 aromatic rings. The van der Waals surface area contributed by atoms with Crippen LogP contribution in [-0.2, 0) is 18.2 Å². The first-order valence-electron chi connectivity index (χ1n) is 3.32. The number of hydroxylamine groups is 2. The van der Waals surface area contributed by atoms with Crippen molar-refractivity contribution in [3.05, 3.63) is 0 Å². The zero-order valence-electron chi connectivity index (χ0n) is 5.47. The van der Waals surface area contributed by atoms with E-state index < -0.39 is 19.8 Å². The number of rotatable bonds is 0. The Hall–Kier alpha value is 0.0300. The molecule has 1 atom stereocenters. The van der Waals surface area contributed by atoms with Crippen molar-refractivity contribution in [2.24, 2.45) is 0 Å². The van der Waals surface area contributed by atoms with Crippen LogP contribution in [0.1, 0.15) is 6.42 Å². The first-order valence-corrected chi connectivity index (χ1v) is 4.78. The Kier molecular flexibility index (Phi) is 0.916. The van der Waals surface area contributed by atoms with Gasteiger partial charge >= 0.3 is 7.82 Å². The monoisotopic (exact) mass is 179 g/mol. The van der Waals surface area contributed by atoms with E-state index in [4.69, 9.17) is 13.7 Å². The predicted molar refractivity (Wildman–Crippen MR) is 30.9 cm³/mol. The third kappa shape index (κ3) is 0.558. The fourth-order valence-corrected chi connectivity index (χ4v) is 3.12. The van der Waals surface area contributed by atoms with Crippen molar-refractivity contribution in [1.82, 2.24) is 5.06 Å². The molecule has 0 radical (unpaired) electrons. The average Bonchev–Trinajstić information content (AvgIpc) is 2.37. The van der Waals surface area contributed by atoms with E-state index in [1.54, 1.807) is 0 Å². The number of phosphoric ester groups is 1. The lowest BCUT2D eigenvalue weighted by atomic mass is 10.3. The van der Waals surface area contributed by atoms with Crippen LogP contribution in [0.3, 0.4) is 0 Å². The quantitative estimate of drug-likeness (QED) is 0.519. The summed E-state index contributed by atoms with van der Waals surface area (Å²) in [7, 11) is -3.26. The summed E-state index contributed by atoms with van der Waals surface area (Å²) < 4.78 is 25.5. The Morgan fingerprint density at radius 3 is 3.00 bits per heavy atom. The molecule has 4 saturated heterocycles. The number of aliphatic hydroxyl groups excluding tert-OH is 1. The van der Waals surface area contributed by atoms with Crippen LogP contribution < -0.4 is 0 Å². The van der Waals surface area contributed by atoms with Crippen LogP contribution in [0.5, 0.6) is 0 Å². The van der Waals surface area contributed by atoms with Gasteiger partial charge in [0, 0.05) is 6.54 Å². The molecule has 62 valence electrons. The van der Waals surface area contributed by atoms with Crippen LogP contribution in [0.2, 0.25) is 0 Å². The highest BCUT2D eigenvalue weighted by atomic mass is 31.2. The Labute approximate surface area is 62.2 Å². The normalized spacial score (nSPS) is 61.0. The van der Waals surface area contributed by atoms with E-state index in [0.717, 1.165) is 0 Å². The van der Waals surface area contributed by atoms with Crippen LogP contribution >= 0.6 is 7.82 Å². The SMILES string of the molecule is O=P12ON3CCC(O)C3(O1)O2. The lowest BCUT2D eigenvalue weighted by Gasteiger charge is -2.33. The van der Waals surface area contributed by atoms with Crippen molar-refractivity contribution in [2.75, 3.05) is 6.54 Å². The first-order chi connectivity index (χ1) is 5.15. The molecule has 0 aromatic heterocycles. The summed E-state index contributed by atoms with van der Waals surface area (Å²) in [6.45, 7) is 0.491. The van der Waals surface area contributed by atoms with Crippen LogP contribution in [0.4, 0.5) is 0 Å². The summed E-state index contributed by atoms with van der Waals surface area (Å²) in [5, 5.41) is 10.6. The summed E-state index contributed by atoms with van der Waals surface area (Å²) in [6, 6.07) is 0. The van der Waals surface area contributed by atoms with Crippen molar-refractivity contribution in [2.45, 2.75) is 18.4 Å². The van der Waals surface area contributed by atoms with Gasteiger partial charge in [0.05, 0.1) is 0 Å². The zero-order valence-corrected chi connectivity index (χ0v) is 6.36. The maximum atomic E-state index is 11.0. The van der Waals surface area contributed by atoms with Gasteiger partial charge in [-0.1, -0.05) is 0 Å². The molecule has 0 amide bonds. The topological polar surface area (TPSA) is 68.2 Å². The number of hydrogen-bond acceptors (Lipinski definition) is 6. The van der Waals surface area contributed by atoms with E-state index in [9.17, 15) is 9.67 Å². The standard InChI is InChI=1S/C4H6NO5P/c6-3-1-2-5-4(3)8-11(7,9-4)10-5/h3,6H,1-2H2. The maximum absolute atomic E-state index is 11.0. The Balaban J connectivity index is 2.04. The van der Waals surface area contributed by atoms with E-state index in [2.05, 4.69) is 0 Å². The van der Waals surface area contributed by atoms with Crippen LogP contribution in [-0.4, -0.2) is 28.7 Å². The molecule has 0 aromatic carbocycles. The van der Waals surface area contributed by atoms with Gasteiger partial charge in [-0.3, -0.25) is 0 Å². The van der Waals surface area contributed by atoms with Gasteiger partial charge in [-0.15, -0.1) is 5.06 Å². The first kappa shape index (κ1) is 6.54. The van der Waals surface area contributed by atoms with Gasteiger partial charge in [0.2, 0.25) is 0 Å². The highest BCUT2D eigenvalue weighted by molar-refractivity contribution is 7.50. The van der Waals surface area contributed by atoms with Gasteiger partial charge < -0.3 is 5.11 Å². The molecular weight excluding hydrogens is 173 g/mol. The number of phosphoric acid groups is 1. The predicted octanol–water partition coefficient (Wildman–Crippen LogP) is -0.193. The van der Waals surface area contributed by atoms with Crippen molar-refractivity contribution in [1.29, 1.82) is 0 Å². The van der Waals surface area contributed by atoms with E-state index in [1.807, 2.05) is 0 Å². The minimum atomic E-state index is -3.26. The maximum Gasteiger partial charge on any atom is 0.499 e. The summed E-state index contributed by atoms with van der Waals surface area (Å²) in [5.41, 5.74) is 0. The van der Waals surface area contributed by atoms with Gasteiger partial charge in [-0.05, 0) is 6.42 Å². The molecule has 4 heterocycles. The number of aliphatic hydroxyl groups is 1. The van der Waals surface area contributed by atoms with E-state index >= 15 is 0 Å². The molecule has 7 heteroatoms. The van der Waals surface area contributed by atoms with Gasteiger partial charge in [-0.2, -0.15) is 4.62 Å². The van der Waals surface area contributed by atoms with Gasteiger partial charge in [0.25, 0.3) is 5.91 Å². The molecule has 4 fully saturated rings. The molecule has 6 nitrogen and oxygen atoms in total. The fraction of sp³-hybridized carbons (Fsp3) is 1.00. The van der Waals surface area contributed by atoms with Gasteiger partial charge in [0.1, 0.15) is 6.10 Å². The third-order valence-corrected chi connectivity index (χ3v) is 3.43. The largest absolute Gasteiger partial charge is 0.499 e. The van der Waals surface area contributed by atoms with E-state index in [-0.39, 0.29) is 0 Å². The molecule has 2 bridgehead atoms. The molecule has 1 spiro atoms. The number of hydrogen-bond donors (Lipinski definition) is 1. The van der Waals surface area contributed by atoms with Crippen molar-refractivity contribution >= 4 is 7.82 Å². The van der Waals surface area contributed by atoms with Crippen molar-refractivity contribution in [3.63, 3.8) is 0 Å². The van der Waals surface area contributed by atoms with Gasteiger partial charge in [0.15, 0.2) is 0 Å². The molecular formula is C4H6NO5P. The second-order valence-electron chi connectivity index (χ2n) is 2.75. The highest BCUT2D eigenvalue weighted by Crippen LogP contribution is 2.75. The Morgan fingerprint density at radius 2 is 2.36 bits per heavy atom. The zero-order chi connectivity index (χ0) is 7.69. The molecule has 4 rings (SSSR count). The third-order valence-electron chi connectivity index (χ3n) is 2.06. The Morgan fingerprint density at radius 1 is 1.64 bits per heavy atom. The van der Waals surface area contributed by atoms with Crippen LogP contribution in [0, 0.1) is 0 Å². The summed E-state index contributed by atoms with van der Waals surface area (Å²) in [6.07, 6.45) is -0.243. The molecule has 1 unspecified atom stereocenters. The number of nitrogens with zero attached hydrogens (tertiary/aromatic N) is 1. The summed E-state index contributed by atoms with van der Waals surface area (Å²) >= 11 is 0. The van der Waals surface area contributed by atoms with E-state index in [0.29, 0.717) is 13.0 Å². The summed E-state index contributed by atoms with van der Waals surface area (Å²) in [5.74, 6) is -1.23. The second-order valence-corrected chi connectivity index (χ2v) is 4.17. The molecule has 11 heavy (non-hydrogen) atoms. The van der Waals surface area contributed by atoms with Crippen molar-refractivity contribution in [3.8, 4) is 0 Å². The fourth-order valence-electron chi connectivity index (χ4n) is 1.54. The molecule has 4 aliphatic heterocycles. The van der Waals surface area contributed by atoms with Crippen LogP contribution in [0.15, 0.2) is 0 Å². The lowest BCUT2D eigenvalue weighted by molar-refractivity contribution is -0.291. The Bertz CT molecular complexity index is 257. The second kappa shape index (κ2) is 1.54. The highest BCUT2D eigenvalue weighted by Gasteiger charge is 2.76. The smallest absolute Gasteiger partial charge is 0.386 e. The van der Waals surface area contributed by atoms with Gasteiger partial charge in [-0.25, -0.2) is 13.6 Å². The lowest BCUT2D eigenvalue weighted by Crippen LogP contribution is -2.50. The van der Waals surface area contributed by atoms with Crippen LogP contribution in [0.25, 0.3) is 0 Å². The average molecular weight is 179 g/mol.